The molecule has 0 saturated carbocycles. The van der Waals surface area contributed by atoms with Gasteiger partial charge in [-0.05, 0) is 48.5 Å². The van der Waals surface area contributed by atoms with Crippen molar-refractivity contribution in [3.8, 4) is 5.75 Å². The average Bonchev–Trinajstić information content (AvgIpc) is 3.33. The second-order valence-electron chi connectivity index (χ2n) is 7.47. The van der Waals surface area contributed by atoms with Crippen molar-refractivity contribution >= 4 is 44.6 Å². The van der Waals surface area contributed by atoms with Gasteiger partial charge in [0.05, 0.1) is 19.3 Å². The zero-order valence-electron chi connectivity index (χ0n) is 18.0. The van der Waals surface area contributed by atoms with Crippen LogP contribution in [0.25, 0.3) is 0 Å². The Morgan fingerprint density at radius 3 is 2.42 bits per heavy atom. The van der Waals surface area contributed by atoms with Crippen LogP contribution in [0, 0.1) is 0 Å². The minimum atomic E-state index is -3.59. The number of thiophene rings is 1. The van der Waals surface area contributed by atoms with Crippen molar-refractivity contribution in [1.82, 2.24) is 9.62 Å². The van der Waals surface area contributed by atoms with Gasteiger partial charge in [-0.2, -0.15) is 4.31 Å². The van der Waals surface area contributed by atoms with E-state index in [0.29, 0.717) is 36.8 Å². The molecule has 0 atom stereocenters. The molecule has 174 valence electrons. The predicted octanol–water partition coefficient (Wildman–Crippen LogP) is 3.85. The summed E-state index contributed by atoms with van der Waals surface area (Å²) in [7, 11) is -1.96. The van der Waals surface area contributed by atoms with Gasteiger partial charge >= 0.3 is 0 Å². The number of halogens is 1. The Morgan fingerprint density at radius 1 is 1.03 bits per heavy atom. The first-order chi connectivity index (χ1) is 15.9. The second-order valence-corrected chi connectivity index (χ2v) is 11.2. The van der Waals surface area contributed by atoms with E-state index in [1.54, 1.807) is 43.5 Å². The number of hydrogen-bond donors (Lipinski definition) is 1. The summed E-state index contributed by atoms with van der Waals surface area (Å²) in [6.45, 7) is 2.19. The van der Waals surface area contributed by atoms with Gasteiger partial charge in [0.1, 0.15) is 9.96 Å². The van der Waals surface area contributed by atoms with E-state index in [9.17, 15) is 13.2 Å². The molecule has 1 aliphatic heterocycles. The van der Waals surface area contributed by atoms with Crippen LogP contribution in [0.2, 0.25) is 5.02 Å². The van der Waals surface area contributed by atoms with Crippen molar-refractivity contribution < 1.29 is 17.9 Å². The van der Waals surface area contributed by atoms with Crippen LogP contribution >= 0.6 is 22.9 Å². The average molecular weight is 506 g/mol. The van der Waals surface area contributed by atoms with E-state index < -0.39 is 10.0 Å². The molecule has 0 spiro atoms. The number of benzene rings is 2. The first kappa shape index (κ1) is 23.6. The van der Waals surface area contributed by atoms with Crippen molar-refractivity contribution in [2.24, 2.45) is 0 Å². The van der Waals surface area contributed by atoms with E-state index in [0.717, 1.165) is 16.3 Å². The lowest BCUT2D eigenvalue weighted by Crippen LogP contribution is -2.48. The van der Waals surface area contributed by atoms with Crippen LogP contribution in [0.15, 0.2) is 64.9 Å². The Balaban J connectivity index is 1.36. The fraction of sp³-hybridized carbons (Fsp3) is 0.261. The number of nitrogens with zero attached hydrogens (tertiary/aromatic N) is 2. The zero-order valence-corrected chi connectivity index (χ0v) is 20.4. The molecule has 3 aromatic rings. The van der Waals surface area contributed by atoms with Gasteiger partial charge < -0.3 is 15.0 Å². The standard InChI is InChI=1S/C23H24ClN3O4S2/c1-31-21-5-3-2-4-20(21)26-12-14-27(15-13-26)33(29,30)22-11-10-19(32-22)16-25-23(28)17-6-8-18(24)9-7-17/h2-11H,12-16H2,1H3,(H,25,28). The maximum atomic E-state index is 13.2. The number of piperazine rings is 1. The highest BCUT2D eigenvalue weighted by Crippen LogP contribution is 2.30. The number of methoxy groups -OCH3 is 1. The monoisotopic (exact) mass is 505 g/mol. The predicted molar refractivity (Wildman–Crippen MR) is 131 cm³/mol. The quantitative estimate of drug-likeness (QED) is 0.527. The maximum absolute atomic E-state index is 13.2. The van der Waals surface area contributed by atoms with Crippen molar-refractivity contribution in [1.29, 1.82) is 0 Å². The van der Waals surface area contributed by atoms with Crippen LogP contribution in [-0.4, -0.2) is 51.9 Å². The number of rotatable bonds is 7. The highest BCUT2D eigenvalue weighted by molar-refractivity contribution is 7.91. The van der Waals surface area contributed by atoms with Gasteiger partial charge in [-0.1, -0.05) is 23.7 Å². The molecule has 1 aromatic heterocycles. The molecule has 0 bridgehead atoms. The third kappa shape index (κ3) is 5.33. The third-order valence-electron chi connectivity index (χ3n) is 5.43. The number of nitrogens with one attached hydrogen (secondary N) is 1. The lowest BCUT2D eigenvalue weighted by atomic mass is 10.2. The van der Waals surface area contributed by atoms with Crippen molar-refractivity contribution in [3.05, 3.63) is 76.1 Å². The third-order valence-corrected chi connectivity index (χ3v) is 9.13. The molecule has 1 amide bonds. The first-order valence-corrected chi connectivity index (χ1v) is 13.0. The summed E-state index contributed by atoms with van der Waals surface area (Å²) in [6.07, 6.45) is 0. The fourth-order valence-corrected chi connectivity index (χ4v) is 6.65. The normalized spacial score (nSPS) is 14.8. The summed E-state index contributed by atoms with van der Waals surface area (Å²) in [6, 6.07) is 17.7. The van der Waals surface area contributed by atoms with Gasteiger partial charge in [0.15, 0.2) is 0 Å². The smallest absolute Gasteiger partial charge is 0.252 e. The van der Waals surface area contributed by atoms with Gasteiger partial charge in [-0.25, -0.2) is 8.42 Å². The molecule has 1 saturated heterocycles. The molecule has 0 aliphatic carbocycles. The Labute approximate surface area is 202 Å². The molecule has 0 unspecified atom stereocenters. The first-order valence-electron chi connectivity index (χ1n) is 10.4. The highest BCUT2D eigenvalue weighted by Gasteiger charge is 2.30. The molecular weight excluding hydrogens is 482 g/mol. The number of hydrogen-bond acceptors (Lipinski definition) is 6. The van der Waals surface area contributed by atoms with Crippen LogP contribution in [0.1, 0.15) is 15.2 Å². The van der Waals surface area contributed by atoms with Gasteiger partial charge in [0.25, 0.3) is 15.9 Å². The molecule has 0 radical (unpaired) electrons. The van der Waals surface area contributed by atoms with E-state index >= 15 is 0 Å². The topological polar surface area (TPSA) is 79.0 Å². The second kappa shape index (κ2) is 10.1. The van der Waals surface area contributed by atoms with E-state index in [2.05, 4.69) is 10.2 Å². The number of carbonyl (C=O) groups is 1. The van der Waals surface area contributed by atoms with Gasteiger partial charge in [0.2, 0.25) is 0 Å². The molecular formula is C23H24ClN3O4S2. The van der Waals surface area contributed by atoms with Gasteiger partial charge in [0, 0.05) is 41.6 Å². The molecule has 1 fully saturated rings. The Kier molecular flexibility index (Phi) is 7.23. The SMILES string of the molecule is COc1ccccc1N1CCN(S(=O)(=O)c2ccc(CNC(=O)c3ccc(Cl)cc3)s2)CC1. The molecule has 1 N–H and O–H groups in total. The van der Waals surface area contributed by atoms with Crippen molar-refractivity contribution in [2.75, 3.05) is 38.2 Å². The van der Waals surface area contributed by atoms with Gasteiger partial charge in [-0.15, -0.1) is 11.3 Å². The van der Waals surface area contributed by atoms with Crippen LogP contribution in [0.3, 0.4) is 0 Å². The number of carbonyl (C=O) groups excluding carboxylic acids is 1. The number of ether oxygens (including phenoxy) is 1. The van der Waals surface area contributed by atoms with Crippen LogP contribution in [-0.2, 0) is 16.6 Å². The summed E-state index contributed by atoms with van der Waals surface area (Å²) >= 11 is 7.03. The van der Waals surface area contributed by atoms with E-state index in [4.69, 9.17) is 16.3 Å². The Hall–Kier alpha value is -2.59. The van der Waals surface area contributed by atoms with E-state index in [1.165, 1.54) is 15.6 Å². The van der Waals surface area contributed by atoms with Crippen LogP contribution < -0.4 is 15.0 Å². The molecule has 2 aromatic carbocycles. The number of anilines is 1. The molecule has 2 heterocycles. The van der Waals surface area contributed by atoms with Crippen molar-refractivity contribution in [2.45, 2.75) is 10.8 Å². The summed E-state index contributed by atoms with van der Waals surface area (Å²) < 4.78 is 33.5. The highest BCUT2D eigenvalue weighted by atomic mass is 35.5. The molecule has 10 heteroatoms. The Bertz CT molecular complexity index is 1220. The van der Waals surface area contributed by atoms with E-state index in [1.807, 2.05) is 24.3 Å². The minimum Gasteiger partial charge on any atom is -0.495 e. The lowest BCUT2D eigenvalue weighted by molar-refractivity contribution is 0.0951. The number of amides is 1. The maximum Gasteiger partial charge on any atom is 0.252 e. The summed E-state index contributed by atoms with van der Waals surface area (Å²) in [5, 5.41) is 3.37. The van der Waals surface area contributed by atoms with Crippen LogP contribution in [0.5, 0.6) is 5.75 Å². The summed E-state index contributed by atoms with van der Waals surface area (Å²) in [5.74, 6) is 0.536. The summed E-state index contributed by atoms with van der Waals surface area (Å²) in [5.41, 5.74) is 1.46. The Morgan fingerprint density at radius 2 is 1.73 bits per heavy atom. The molecule has 4 rings (SSSR count). The zero-order chi connectivity index (χ0) is 23.4. The minimum absolute atomic E-state index is 0.239. The fourth-order valence-electron chi connectivity index (χ4n) is 3.65. The van der Waals surface area contributed by atoms with Crippen LogP contribution in [0.4, 0.5) is 5.69 Å². The van der Waals surface area contributed by atoms with Crippen molar-refractivity contribution in [3.63, 3.8) is 0 Å². The molecule has 1 aliphatic rings. The molecule has 33 heavy (non-hydrogen) atoms. The number of sulfonamides is 1. The van der Waals surface area contributed by atoms with Gasteiger partial charge in [-0.3, -0.25) is 4.79 Å². The molecule has 7 nitrogen and oxygen atoms in total. The largest absolute Gasteiger partial charge is 0.495 e. The lowest BCUT2D eigenvalue weighted by Gasteiger charge is -2.35. The number of para-hydroxylation sites is 2. The van der Waals surface area contributed by atoms with E-state index in [-0.39, 0.29) is 16.7 Å². The summed E-state index contributed by atoms with van der Waals surface area (Å²) in [4.78, 5) is 15.2.